The number of aryl methyl sites for hydroxylation is 1. The average molecular weight is 269 g/mol. The van der Waals surface area contributed by atoms with Gasteiger partial charge in [-0.1, -0.05) is 23.4 Å². The Morgan fingerprint density at radius 3 is 2.88 bits per heavy atom. The highest BCUT2D eigenvalue weighted by molar-refractivity contribution is 7.99. The second-order valence-electron chi connectivity index (χ2n) is 3.37. The summed E-state index contributed by atoms with van der Waals surface area (Å²) >= 11 is 7.18. The van der Waals surface area contributed by atoms with Crippen molar-refractivity contribution >= 4 is 29.3 Å². The zero-order valence-electron chi connectivity index (χ0n) is 8.92. The molecule has 2 rings (SSSR count). The molecule has 6 heteroatoms. The normalized spacial score (nSPS) is 10.5. The smallest absolute Gasteiger partial charge is 0.337 e. The van der Waals surface area contributed by atoms with Crippen LogP contribution in [0.15, 0.2) is 40.6 Å². The van der Waals surface area contributed by atoms with Gasteiger partial charge in [0.15, 0.2) is 5.16 Å². The number of rotatable bonds is 3. The Kier molecular flexibility index (Phi) is 3.40. The first-order valence-electron chi connectivity index (χ1n) is 4.76. The van der Waals surface area contributed by atoms with E-state index in [1.165, 1.54) is 11.8 Å². The van der Waals surface area contributed by atoms with Crippen molar-refractivity contribution in [2.45, 2.75) is 10.1 Å². The Labute approximate surface area is 107 Å². The van der Waals surface area contributed by atoms with Crippen molar-refractivity contribution in [3.05, 3.63) is 41.2 Å². The second-order valence-corrected chi connectivity index (χ2v) is 4.82. The number of aromatic carboxylic acids is 1. The third-order valence-corrected chi connectivity index (χ3v) is 3.55. The van der Waals surface area contributed by atoms with Gasteiger partial charge in [0, 0.05) is 24.3 Å². The highest BCUT2D eigenvalue weighted by Crippen LogP contribution is 2.29. The van der Waals surface area contributed by atoms with Gasteiger partial charge in [0.1, 0.15) is 0 Å². The first-order valence-corrected chi connectivity index (χ1v) is 5.95. The summed E-state index contributed by atoms with van der Waals surface area (Å²) in [6.45, 7) is 0. The molecule has 2 aromatic rings. The fourth-order valence-electron chi connectivity index (χ4n) is 1.29. The molecule has 0 radical (unpaired) electrons. The van der Waals surface area contributed by atoms with Gasteiger partial charge >= 0.3 is 5.97 Å². The monoisotopic (exact) mass is 268 g/mol. The lowest BCUT2D eigenvalue weighted by molar-refractivity contribution is 0.0697. The molecule has 0 unspecified atom stereocenters. The van der Waals surface area contributed by atoms with Crippen LogP contribution in [0.1, 0.15) is 10.4 Å². The van der Waals surface area contributed by atoms with Crippen LogP contribution in [-0.4, -0.2) is 20.6 Å². The maximum absolute atomic E-state index is 10.9. The molecule has 88 valence electrons. The van der Waals surface area contributed by atoms with Gasteiger partial charge in [-0.2, -0.15) is 0 Å². The summed E-state index contributed by atoms with van der Waals surface area (Å²) in [7, 11) is 1.88. The van der Waals surface area contributed by atoms with Crippen LogP contribution < -0.4 is 0 Å². The summed E-state index contributed by atoms with van der Waals surface area (Å²) in [6, 6.07) is 4.90. The Bertz CT molecular complexity index is 568. The highest BCUT2D eigenvalue weighted by Gasteiger charge is 2.11. The Morgan fingerprint density at radius 1 is 1.53 bits per heavy atom. The number of nitrogens with zero attached hydrogens (tertiary/aromatic N) is 2. The molecule has 0 aliphatic heterocycles. The first-order chi connectivity index (χ1) is 8.08. The largest absolute Gasteiger partial charge is 0.478 e. The summed E-state index contributed by atoms with van der Waals surface area (Å²) in [4.78, 5) is 15.9. The number of benzene rings is 1. The van der Waals surface area contributed by atoms with Gasteiger partial charge in [-0.15, -0.1) is 0 Å². The zero-order chi connectivity index (χ0) is 12.4. The minimum absolute atomic E-state index is 0.103. The lowest BCUT2D eigenvalue weighted by atomic mass is 10.2. The van der Waals surface area contributed by atoms with E-state index >= 15 is 0 Å². The third kappa shape index (κ3) is 2.62. The van der Waals surface area contributed by atoms with Crippen molar-refractivity contribution < 1.29 is 9.90 Å². The number of aromatic nitrogens is 2. The van der Waals surface area contributed by atoms with Crippen molar-refractivity contribution in [2.75, 3.05) is 0 Å². The zero-order valence-corrected chi connectivity index (χ0v) is 10.5. The topological polar surface area (TPSA) is 55.1 Å². The summed E-state index contributed by atoms with van der Waals surface area (Å²) in [5.74, 6) is -1.03. The van der Waals surface area contributed by atoms with E-state index in [0.29, 0.717) is 0 Å². The minimum atomic E-state index is -1.03. The van der Waals surface area contributed by atoms with E-state index in [2.05, 4.69) is 4.98 Å². The van der Waals surface area contributed by atoms with Crippen LogP contribution in [-0.2, 0) is 7.05 Å². The van der Waals surface area contributed by atoms with Crippen LogP contribution in [0.25, 0.3) is 0 Å². The molecule has 0 saturated heterocycles. The number of carboxylic acids is 1. The maximum Gasteiger partial charge on any atom is 0.337 e. The maximum atomic E-state index is 10.9. The predicted molar refractivity (Wildman–Crippen MR) is 65.7 cm³/mol. The molecule has 0 amide bonds. The van der Waals surface area contributed by atoms with Crippen LogP contribution in [0.3, 0.4) is 0 Å². The molecule has 0 spiro atoms. The molecule has 0 fully saturated rings. The lowest BCUT2D eigenvalue weighted by Crippen LogP contribution is -1.97. The predicted octanol–water partition coefficient (Wildman–Crippen LogP) is 2.92. The Balaban J connectivity index is 2.32. The van der Waals surface area contributed by atoms with Gasteiger partial charge in [-0.25, -0.2) is 9.78 Å². The molecule has 4 nitrogen and oxygen atoms in total. The van der Waals surface area contributed by atoms with E-state index in [9.17, 15) is 4.79 Å². The van der Waals surface area contributed by atoms with Gasteiger partial charge in [-0.05, 0) is 18.2 Å². The third-order valence-electron chi connectivity index (χ3n) is 2.15. The van der Waals surface area contributed by atoms with Gasteiger partial charge in [0.2, 0.25) is 0 Å². The van der Waals surface area contributed by atoms with Gasteiger partial charge in [-0.3, -0.25) is 0 Å². The molecule has 0 aliphatic carbocycles. The molecule has 1 N–H and O–H groups in total. The van der Waals surface area contributed by atoms with Crippen LogP contribution in [0.4, 0.5) is 0 Å². The number of carbonyl (C=O) groups is 1. The number of imidazole rings is 1. The number of hydrogen-bond donors (Lipinski definition) is 1. The highest BCUT2D eigenvalue weighted by atomic mass is 35.5. The van der Waals surface area contributed by atoms with Crippen molar-refractivity contribution in [1.82, 2.24) is 9.55 Å². The molecule has 1 heterocycles. The molecule has 17 heavy (non-hydrogen) atoms. The molecule has 0 aliphatic rings. The van der Waals surface area contributed by atoms with E-state index in [4.69, 9.17) is 16.7 Å². The van der Waals surface area contributed by atoms with Crippen molar-refractivity contribution in [1.29, 1.82) is 0 Å². The van der Waals surface area contributed by atoms with E-state index in [-0.39, 0.29) is 10.6 Å². The first kappa shape index (κ1) is 12.0. The van der Waals surface area contributed by atoms with E-state index in [1.54, 1.807) is 24.4 Å². The van der Waals surface area contributed by atoms with E-state index < -0.39 is 5.97 Å². The number of carboxylic acid groups (broad SMARTS) is 1. The molecule has 0 atom stereocenters. The van der Waals surface area contributed by atoms with Crippen molar-refractivity contribution in [3.8, 4) is 0 Å². The van der Waals surface area contributed by atoms with Crippen LogP contribution in [0.2, 0.25) is 5.02 Å². The quantitative estimate of drug-likeness (QED) is 0.930. The molecule has 0 saturated carbocycles. The summed E-state index contributed by atoms with van der Waals surface area (Å²) < 4.78 is 1.86. The fraction of sp³-hybridized carbons (Fsp3) is 0.0909. The molecule has 1 aromatic heterocycles. The Hall–Kier alpha value is -1.46. The van der Waals surface area contributed by atoms with Gasteiger partial charge in [0.05, 0.1) is 10.6 Å². The number of hydrogen-bond acceptors (Lipinski definition) is 3. The summed E-state index contributed by atoms with van der Waals surface area (Å²) in [5.41, 5.74) is 0.103. The molecular formula is C11H9ClN2O2S. The fourth-order valence-corrected chi connectivity index (χ4v) is 2.33. The lowest BCUT2D eigenvalue weighted by Gasteiger charge is -2.04. The summed E-state index contributed by atoms with van der Waals surface area (Å²) in [5, 5.41) is 9.99. The molecular weight excluding hydrogens is 260 g/mol. The minimum Gasteiger partial charge on any atom is -0.478 e. The summed E-state index contributed by atoms with van der Waals surface area (Å²) in [6.07, 6.45) is 3.52. The molecule has 0 bridgehead atoms. The standard InChI is InChI=1S/C11H9ClN2O2S/c1-14-5-4-13-11(14)17-7-2-3-9(12)8(6-7)10(15)16/h2-6H,1H3,(H,15,16). The SMILES string of the molecule is Cn1ccnc1Sc1ccc(Cl)c(C(=O)O)c1. The van der Waals surface area contributed by atoms with Crippen molar-refractivity contribution in [2.24, 2.45) is 7.05 Å². The van der Waals surface area contributed by atoms with Gasteiger partial charge < -0.3 is 9.67 Å². The van der Waals surface area contributed by atoms with E-state index in [0.717, 1.165) is 10.1 Å². The van der Waals surface area contributed by atoms with Gasteiger partial charge in [0.25, 0.3) is 0 Å². The number of halogens is 1. The van der Waals surface area contributed by atoms with Crippen LogP contribution >= 0.6 is 23.4 Å². The van der Waals surface area contributed by atoms with Crippen LogP contribution in [0, 0.1) is 0 Å². The second kappa shape index (κ2) is 4.81. The molecule has 1 aromatic carbocycles. The average Bonchev–Trinajstić information content (AvgIpc) is 2.67. The Morgan fingerprint density at radius 2 is 2.29 bits per heavy atom. The van der Waals surface area contributed by atoms with Crippen LogP contribution in [0.5, 0.6) is 0 Å². The van der Waals surface area contributed by atoms with E-state index in [1.807, 2.05) is 17.8 Å². The van der Waals surface area contributed by atoms with Crippen molar-refractivity contribution in [3.63, 3.8) is 0 Å².